The number of aryl methyl sites for hydroxylation is 2. The highest BCUT2D eigenvalue weighted by atomic mass is 35.5. The fourth-order valence-electron chi connectivity index (χ4n) is 3.04. The summed E-state index contributed by atoms with van der Waals surface area (Å²) in [6.45, 7) is 3.88. The summed E-state index contributed by atoms with van der Waals surface area (Å²) >= 11 is 13.5. The molecule has 2 aromatic carbocycles. The van der Waals surface area contributed by atoms with Gasteiger partial charge in [0.25, 0.3) is 0 Å². The quantitative estimate of drug-likeness (QED) is 0.346. The van der Waals surface area contributed by atoms with Crippen molar-refractivity contribution >= 4 is 67.1 Å². The molecule has 5 nitrogen and oxygen atoms in total. The third-order valence-corrected chi connectivity index (χ3v) is 6.11. The number of nitrogens with zero attached hydrogens (tertiary/aromatic N) is 2. The Kier molecular flexibility index (Phi) is 4.42. The first-order valence-electron chi connectivity index (χ1n) is 8.00. The minimum absolute atomic E-state index is 0.135. The van der Waals surface area contributed by atoms with Gasteiger partial charge in [-0.05, 0) is 37.6 Å². The van der Waals surface area contributed by atoms with E-state index in [1.54, 1.807) is 18.2 Å². The first-order chi connectivity index (χ1) is 12.8. The standard InChI is InChI=1S/C19H13Cl2N3O2S/c1-8-5-9(2)15-12(6-8)16(18(25)22-15)23-24-19(26)17-14(21)11-4-3-10(20)7-13(11)27-17/h3-7,22,25H,1-2H3. The van der Waals surface area contributed by atoms with Gasteiger partial charge < -0.3 is 10.1 Å². The lowest BCUT2D eigenvalue weighted by molar-refractivity contribution is 0.0999. The minimum Gasteiger partial charge on any atom is -0.493 e. The van der Waals surface area contributed by atoms with Crippen LogP contribution in [0.4, 0.5) is 5.69 Å². The van der Waals surface area contributed by atoms with Crippen LogP contribution in [0.25, 0.3) is 21.0 Å². The first kappa shape index (κ1) is 18.0. The maximum atomic E-state index is 12.5. The van der Waals surface area contributed by atoms with Gasteiger partial charge >= 0.3 is 5.91 Å². The Hall–Kier alpha value is -2.41. The number of carbonyl (C=O) groups excluding carboxylic acids is 1. The first-order valence-corrected chi connectivity index (χ1v) is 9.58. The molecule has 0 fully saturated rings. The second-order valence-electron chi connectivity index (χ2n) is 6.22. The van der Waals surface area contributed by atoms with Crippen molar-refractivity contribution in [2.75, 3.05) is 0 Å². The molecule has 2 N–H and O–H groups in total. The molecule has 0 saturated carbocycles. The number of aromatic amines is 1. The average Bonchev–Trinajstić information content (AvgIpc) is 3.10. The van der Waals surface area contributed by atoms with E-state index in [2.05, 4.69) is 15.2 Å². The van der Waals surface area contributed by atoms with Crippen LogP contribution >= 0.6 is 34.5 Å². The highest BCUT2D eigenvalue weighted by molar-refractivity contribution is 7.21. The van der Waals surface area contributed by atoms with E-state index in [-0.39, 0.29) is 16.4 Å². The number of hydrogen-bond acceptors (Lipinski definition) is 4. The van der Waals surface area contributed by atoms with Gasteiger partial charge in [0.15, 0.2) is 5.69 Å². The summed E-state index contributed by atoms with van der Waals surface area (Å²) in [5.41, 5.74) is 2.98. The monoisotopic (exact) mass is 417 g/mol. The predicted octanol–water partition coefficient (Wildman–Crippen LogP) is 6.94. The van der Waals surface area contributed by atoms with E-state index in [4.69, 9.17) is 23.2 Å². The summed E-state index contributed by atoms with van der Waals surface area (Å²) < 4.78 is 0.798. The van der Waals surface area contributed by atoms with Gasteiger partial charge in [-0.25, -0.2) is 0 Å². The van der Waals surface area contributed by atoms with Crippen LogP contribution in [-0.2, 0) is 0 Å². The largest absolute Gasteiger partial charge is 0.493 e. The molecule has 0 atom stereocenters. The van der Waals surface area contributed by atoms with Crippen LogP contribution in [0.15, 0.2) is 40.6 Å². The Morgan fingerprint density at radius 1 is 1.15 bits per heavy atom. The third kappa shape index (κ3) is 3.10. The number of hydrogen-bond donors (Lipinski definition) is 2. The van der Waals surface area contributed by atoms with Crippen molar-refractivity contribution in [1.82, 2.24) is 4.98 Å². The second kappa shape index (κ2) is 6.64. The van der Waals surface area contributed by atoms with Crippen molar-refractivity contribution in [3.8, 4) is 5.88 Å². The summed E-state index contributed by atoms with van der Waals surface area (Å²) in [4.78, 5) is 15.7. The summed E-state index contributed by atoms with van der Waals surface area (Å²) in [5.74, 6) is -0.708. The molecule has 2 heterocycles. The van der Waals surface area contributed by atoms with E-state index in [9.17, 15) is 9.90 Å². The van der Waals surface area contributed by atoms with Gasteiger partial charge in [-0.1, -0.05) is 40.9 Å². The van der Waals surface area contributed by atoms with E-state index in [0.717, 1.165) is 26.7 Å². The fourth-order valence-corrected chi connectivity index (χ4v) is 4.71. The number of nitrogens with one attached hydrogen (secondary N) is 1. The Labute approximate surface area is 168 Å². The predicted molar refractivity (Wildman–Crippen MR) is 110 cm³/mol. The molecule has 4 rings (SSSR count). The molecule has 0 spiro atoms. The molecule has 0 aliphatic heterocycles. The molecule has 0 saturated heterocycles. The summed E-state index contributed by atoms with van der Waals surface area (Å²) in [5, 5.41) is 20.3. The number of azo groups is 1. The molecule has 0 bridgehead atoms. The molecule has 2 aromatic heterocycles. The van der Waals surface area contributed by atoms with Crippen molar-refractivity contribution in [1.29, 1.82) is 0 Å². The lowest BCUT2D eigenvalue weighted by Gasteiger charge is -1.98. The second-order valence-corrected chi connectivity index (χ2v) is 8.08. The van der Waals surface area contributed by atoms with Gasteiger partial charge in [-0.15, -0.1) is 21.6 Å². The van der Waals surface area contributed by atoms with Crippen LogP contribution < -0.4 is 0 Å². The van der Waals surface area contributed by atoms with Crippen LogP contribution in [0.3, 0.4) is 0 Å². The number of benzene rings is 2. The maximum Gasteiger partial charge on any atom is 0.307 e. The van der Waals surface area contributed by atoms with Crippen molar-refractivity contribution in [3.05, 3.63) is 56.4 Å². The maximum absolute atomic E-state index is 12.5. The third-order valence-electron chi connectivity index (χ3n) is 4.23. The van der Waals surface area contributed by atoms with Gasteiger partial charge in [0.05, 0.1) is 10.5 Å². The summed E-state index contributed by atoms with van der Waals surface area (Å²) in [6, 6.07) is 9.10. The molecule has 1 amide bonds. The number of fused-ring (bicyclic) bond motifs is 2. The van der Waals surface area contributed by atoms with E-state index in [0.29, 0.717) is 15.4 Å². The van der Waals surface area contributed by atoms with Gasteiger partial charge in [0, 0.05) is 20.5 Å². The zero-order chi connectivity index (χ0) is 19.3. The van der Waals surface area contributed by atoms with Crippen LogP contribution in [0.1, 0.15) is 20.8 Å². The summed E-state index contributed by atoms with van der Waals surface area (Å²) in [6.07, 6.45) is 0. The Morgan fingerprint density at radius 2 is 1.93 bits per heavy atom. The number of rotatable bonds is 2. The Bertz CT molecular complexity index is 1260. The van der Waals surface area contributed by atoms with Crippen LogP contribution in [-0.4, -0.2) is 16.0 Å². The summed E-state index contributed by atoms with van der Waals surface area (Å²) in [7, 11) is 0. The lowest BCUT2D eigenvalue weighted by Crippen LogP contribution is -1.89. The van der Waals surface area contributed by atoms with Crippen molar-refractivity contribution in [2.45, 2.75) is 13.8 Å². The molecule has 0 aliphatic carbocycles. The molecule has 136 valence electrons. The van der Waals surface area contributed by atoms with E-state index < -0.39 is 5.91 Å². The van der Waals surface area contributed by atoms with Gasteiger partial charge in [-0.2, -0.15) is 0 Å². The molecular weight excluding hydrogens is 405 g/mol. The highest BCUT2D eigenvalue weighted by Gasteiger charge is 2.18. The highest BCUT2D eigenvalue weighted by Crippen LogP contribution is 2.39. The molecule has 0 radical (unpaired) electrons. The molecule has 4 aromatic rings. The lowest BCUT2D eigenvalue weighted by atomic mass is 10.1. The number of carbonyl (C=O) groups is 1. The fraction of sp³-hybridized carbons (Fsp3) is 0.105. The average molecular weight is 418 g/mol. The number of aromatic hydroxyl groups is 1. The van der Waals surface area contributed by atoms with E-state index in [1.807, 2.05) is 26.0 Å². The van der Waals surface area contributed by atoms with Gasteiger partial charge in [-0.3, -0.25) is 4.79 Å². The zero-order valence-corrected chi connectivity index (χ0v) is 16.6. The Balaban J connectivity index is 1.76. The van der Waals surface area contributed by atoms with Gasteiger partial charge in [0.2, 0.25) is 5.88 Å². The number of halogens is 2. The van der Waals surface area contributed by atoms with Crippen LogP contribution in [0.2, 0.25) is 10.0 Å². The molecular formula is C19H13Cl2N3O2S. The SMILES string of the molecule is Cc1cc(C)c2[nH]c(O)c(N=NC(=O)c3sc4cc(Cl)ccc4c3Cl)c2c1. The smallest absolute Gasteiger partial charge is 0.307 e. The molecule has 0 aliphatic rings. The molecule has 27 heavy (non-hydrogen) atoms. The van der Waals surface area contributed by atoms with Crippen molar-refractivity contribution < 1.29 is 9.90 Å². The number of thiophene rings is 1. The molecule has 8 heteroatoms. The minimum atomic E-state index is -0.574. The van der Waals surface area contributed by atoms with Crippen LogP contribution in [0.5, 0.6) is 5.88 Å². The van der Waals surface area contributed by atoms with E-state index >= 15 is 0 Å². The van der Waals surface area contributed by atoms with Crippen LogP contribution in [0, 0.1) is 13.8 Å². The zero-order valence-electron chi connectivity index (χ0n) is 14.3. The number of aromatic nitrogens is 1. The van der Waals surface area contributed by atoms with Crippen molar-refractivity contribution in [3.63, 3.8) is 0 Å². The van der Waals surface area contributed by atoms with E-state index in [1.165, 1.54) is 11.3 Å². The number of amides is 1. The van der Waals surface area contributed by atoms with Crippen molar-refractivity contribution in [2.24, 2.45) is 10.2 Å². The number of H-pyrrole nitrogens is 1. The molecule has 0 unspecified atom stereocenters. The normalized spacial score (nSPS) is 11.9. The van der Waals surface area contributed by atoms with Gasteiger partial charge in [0.1, 0.15) is 4.88 Å². The Morgan fingerprint density at radius 3 is 2.70 bits per heavy atom. The topological polar surface area (TPSA) is 77.8 Å².